The zero-order valence-electron chi connectivity index (χ0n) is 8.12. The average molecular weight is 206 g/mol. The fourth-order valence-electron chi connectivity index (χ4n) is 1.97. The first-order valence-electron chi connectivity index (χ1n) is 5.03. The van der Waals surface area contributed by atoms with Gasteiger partial charge in [-0.3, -0.25) is 0 Å². The third-order valence-corrected chi connectivity index (χ3v) is 3.20. The maximum atomic E-state index is 6.32. The molecule has 0 bridgehead atoms. The molecule has 1 aliphatic carbocycles. The van der Waals surface area contributed by atoms with Gasteiger partial charge >= 0.3 is 0 Å². The van der Waals surface area contributed by atoms with Crippen LogP contribution in [-0.2, 0) is 0 Å². The highest BCUT2D eigenvalue weighted by Gasteiger charge is 2.23. The van der Waals surface area contributed by atoms with Gasteiger partial charge in [0.05, 0.1) is 0 Å². The molecule has 14 heavy (non-hydrogen) atoms. The summed E-state index contributed by atoms with van der Waals surface area (Å²) in [6, 6.07) is 8.45. The van der Waals surface area contributed by atoms with Crippen molar-refractivity contribution in [1.29, 1.82) is 0 Å². The van der Waals surface area contributed by atoms with Crippen LogP contribution in [0.15, 0.2) is 30.3 Å². The molecule has 2 unspecified atom stereocenters. The zero-order valence-corrected chi connectivity index (χ0v) is 8.87. The number of benzene rings is 1. The van der Waals surface area contributed by atoms with Crippen molar-refractivity contribution in [2.24, 2.45) is 0 Å². The number of hydrogen-bond acceptors (Lipinski definition) is 0. The van der Waals surface area contributed by atoms with Crippen LogP contribution in [0.4, 0.5) is 0 Å². The molecule has 0 spiro atoms. The minimum Gasteiger partial charge on any atom is -0.122 e. The summed E-state index contributed by atoms with van der Waals surface area (Å²) in [5.41, 5.74) is 2.67. The summed E-state index contributed by atoms with van der Waals surface area (Å²) < 4.78 is 0. The lowest BCUT2D eigenvalue weighted by molar-refractivity contribution is 0.700. The van der Waals surface area contributed by atoms with Crippen LogP contribution >= 0.6 is 11.6 Å². The number of allylic oxidation sites excluding steroid dienone is 1. The molecule has 0 nitrogen and oxygen atoms in total. The molecule has 2 atom stereocenters. The van der Waals surface area contributed by atoms with Crippen LogP contribution in [0.3, 0.4) is 0 Å². The van der Waals surface area contributed by atoms with E-state index < -0.39 is 0 Å². The third kappa shape index (κ3) is 1.72. The molecular weight excluding hydrogens is 192 g/mol. The van der Waals surface area contributed by atoms with E-state index in [0.29, 0.717) is 5.92 Å². The van der Waals surface area contributed by atoms with E-state index in [0.717, 1.165) is 12.8 Å². The molecule has 73 valence electrons. The standard InChI is InChI=1S/C13H14Cl/c1-2-5-13(14)12-9-8-10-6-3-4-7-11(10)12/h3-4,6-9,12-13H,1-2,5H2. The molecule has 1 heteroatoms. The van der Waals surface area contributed by atoms with E-state index in [4.69, 9.17) is 11.6 Å². The van der Waals surface area contributed by atoms with E-state index in [9.17, 15) is 0 Å². The van der Waals surface area contributed by atoms with Crippen LogP contribution in [0.2, 0.25) is 0 Å². The van der Waals surface area contributed by atoms with E-state index in [1.807, 2.05) is 0 Å². The van der Waals surface area contributed by atoms with E-state index in [1.165, 1.54) is 11.1 Å². The Bertz CT molecular complexity index is 341. The molecular formula is C13H14Cl. The highest BCUT2D eigenvalue weighted by molar-refractivity contribution is 6.21. The number of rotatable bonds is 3. The molecule has 0 saturated heterocycles. The second kappa shape index (κ2) is 4.18. The Morgan fingerprint density at radius 1 is 1.36 bits per heavy atom. The van der Waals surface area contributed by atoms with E-state index in [1.54, 1.807) is 0 Å². The highest BCUT2D eigenvalue weighted by Crippen LogP contribution is 2.36. The Hall–Kier alpha value is -0.750. The molecule has 0 heterocycles. The number of halogens is 1. The van der Waals surface area contributed by atoms with Crippen LogP contribution in [-0.4, -0.2) is 5.38 Å². The van der Waals surface area contributed by atoms with Gasteiger partial charge in [-0.2, -0.15) is 0 Å². The van der Waals surface area contributed by atoms with Gasteiger partial charge in [-0.1, -0.05) is 49.8 Å². The zero-order chi connectivity index (χ0) is 9.97. The molecule has 2 rings (SSSR count). The largest absolute Gasteiger partial charge is 0.122 e. The first-order valence-corrected chi connectivity index (χ1v) is 5.47. The minimum absolute atomic E-state index is 0.187. The number of alkyl halides is 1. The Morgan fingerprint density at radius 3 is 2.93 bits per heavy atom. The van der Waals surface area contributed by atoms with Gasteiger partial charge in [-0.05, 0) is 17.5 Å². The summed E-state index contributed by atoms with van der Waals surface area (Å²) in [6.45, 7) is 3.84. The second-order valence-electron chi connectivity index (χ2n) is 3.67. The van der Waals surface area contributed by atoms with Gasteiger partial charge in [0.25, 0.3) is 0 Å². The number of fused-ring (bicyclic) bond motifs is 1. The first kappa shape index (κ1) is 9.79. The van der Waals surface area contributed by atoms with Crippen LogP contribution in [0.5, 0.6) is 0 Å². The molecule has 1 radical (unpaired) electrons. The van der Waals surface area contributed by atoms with Crippen LogP contribution in [0.1, 0.15) is 29.9 Å². The smallest absolute Gasteiger partial charge is 0.0439 e. The van der Waals surface area contributed by atoms with Crippen molar-refractivity contribution in [2.75, 3.05) is 0 Å². The van der Waals surface area contributed by atoms with Crippen LogP contribution < -0.4 is 0 Å². The van der Waals surface area contributed by atoms with Gasteiger partial charge in [0.1, 0.15) is 0 Å². The summed E-state index contributed by atoms with van der Waals surface area (Å²) in [6.07, 6.45) is 6.25. The third-order valence-electron chi connectivity index (χ3n) is 2.71. The van der Waals surface area contributed by atoms with Gasteiger partial charge in [-0.15, -0.1) is 11.6 Å². The summed E-state index contributed by atoms with van der Waals surface area (Å²) in [4.78, 5) is 0. The monoisotopic (exact) mass is 205 g/mol. The lowest BCUT2D eigenvalue weighted by Gasteiger charge is -2.16. The van der Waals surface area contributed by atoms with Crippen LogP contribution in [0.25, 0.3) is 6.08 Å². The lowest BCUT2D eigenvalue weighted by Crippen LogP contribution is -2.08. The van der Waals surface area contributed by atoms with E-state index in [-0.39, 0.29) is 5.38 Å². The van der Waals surface area contributed by atoms with E-state index in [2.05, 4.69) is 43.3 Å². The topological polar surface area (TPSA) is 0 Å². The summed E-state index contributed by atoms with van der Waals surface area (Å²) in [5, 5.41) is 0.187. The lowest BCUT2D eigenvalue weighted by atomic mass is 9.95. The fraction of sp³-hybridized carbons (Fsp3) is 0.308. The molecule has 0 N–H and O–H groups in total. The first-order chi connectivity index (χ1) is 6.83. The van der Waals surface area contributed by atoms with Gasteiger partial charge < -0.3 is 0 Å². The Balaban J connectivity index is 2.21. The molecule has 0 fully saturated rings. The highest BCUT2D eigenvalue weighted by atomic mass is 35.5. The van der Waals surface area contributed by atoms with Crippen molar-refractivity contribution in [3.8, 4) is 0 Å². The molecule has 0 aliphatic heterocycles. The van der Waals surface area contributed by atoms with Gasteiger partial charge in [-0.25, -0.2) is 0 Å². The van der Waals surface area contributed by atoms with Crippen molar-refractivity contribution in [2.45, 2.75) is 24.1 Å². The summed E-state index contributed by atoms with van der Waals surface area (Å²) in [7, 11) is 0. The van der Waals surface area contributed by atoms with Crippen molar-refractivity contribution in [1.82, 2.24) is 0 Å². The number of hydrogen-bond donors (Lipinski definition) is 0. The van der Waals surface area contributed by atoms with Crippen molar-refractivity contribution >= 4 is 17.7 Å². The van der Waals surface area contributed by atoms with Gasteiger partial charge in [0.15, 0.2) is 0 Å². The SMILES string of the molecule is [CH2]CCC(Cl)C1C=Cc2ccccc21. The van der Waals surface area contributed by atoms with Crippen molar-refractivity contribution in [3.63, 3.8) is 0 Å². The maximum Gasteiger partial charge on any atom is 0.0439 e. The van der Waals surface area contributed by atoms with Gasteiger partial charge in [0, 0.05) is 11.3 Å². The summed E-state index contributed by atoms with van der Waals surface area (Å²) in [5.74, 6) is 0.384. The predicted octanol–water partition coefficient (Wildman–Crippen LogP) is 4.02. The molecule has 1 aliphatic rings. The van der Waals surface area contributed by atoms with E-state index >= 15 is 0 Å². The Labute approximate surface area is 90.6 Å². The van der Waals surface area contributed by atoms with Crippen molar-refractivity contribution in [3.05, 3.63) is 48.4 Å². The van der Waals surface area contributed by atoms with Gasteiger partial charge in [0.2, 0.25) is 0 Å². The second-order valence-corrected chi connectivity index (χ2v) is 4.23. The Kier molecular flexibility index (Phi) is 2.93. The predicted molar refractivity (Wildman–Crippen MR) is 62.4 cm³/mol. The molecule has 0 saturated carbocycles. The molecule has 1 aromatic rings. The Morgan fingerprint density at radius 2 is 2.14 bits per heavy atom. The molecule has 1 aromatic carbocycles. The average Bonchev–Trinajstić information content (AvgIpc) is 2.61. The quantitative estimate of drug-likeness (QED) is 0.654. The van der Waals surface area contributed by atoms with Crippen molar-refractivity contribution < 1.29 is 0 Å². The fourth-order valence-corrected chi connectivity index (χ4v) is 2.34. The maximum absolute atomic E-state index is 6.32. The summed E-state index contributed by atoms with van der Waals surface area (Å²) >= 11 is 6.32. The molecule has 0 aromatic heterocycles. The van der Waals surface area contributed by atoms with Crippen LogP contribution in [0, 0.1) is 6.92 Å². The minimum atomic E-state index is 0.187. The molecule has 0 amide bonds. The normalized spacial score (nSPS) is 20.9.